The van der Waals surface area contributed by atoms with Crippen LogP contribution in [-0.4, -0.2) is 35.1 Å². The molecule has 25 heavy (non-hydrogen) atoms. The zero-order chi connectivity index (χ0) is 18.2. The first kappa shape index (κ1) is 22.5. The molecule has 1 fully saturated rings. The van der Waals surface area contributed by atoms with E-state index >= 15 is 0 Å². The molecule has 0 aromatic rings. The number of rotatable bonds is 16. The number of unbranched alkanes of at least 4 members (excludes halogenated alkanes) is 13. The highest BCUT2D eigenvalue weighted by Gasteiger charge is 2.23. The van der Waals surface area contributed by atoms with Gasteiger partial charge in [0.15, 0.2) is 0 Å². The Morgan fingerprint density at radius 2 is 1.16 bits per heavy atom. The third-order valence-corrected chi connectivity index (χ3v) is 5.53. The van der Waals surface area contributed by atoms with Gasteiger partial charge in [-0.25, -0.2) is 0 Å². The largest absolute Gasteiger partial charge is 0.383 e. The summed E-state index contributed by atoms with van der Waals surface area (Å²) in [6.45, 7) is 3.96. The lowest BCUT2D eigenvalue weighted by Gasteiger charge is -2.19. The summed E-state index contributed by atoms with van der Waals surface area (Å²) in [5.41, 5.74) is 0. The number of hydrogen-bond donors (Lipinski definition) is 1. The average Bonchev–Trinajstić information content (AvgIpc) is 3.15. The predicted octanol–water partition coefficient (Wildman–Crippen LogP) is 5.84. The first-order valence-corrected chi connectivity index (χ1v) is 11.2. The van der Waals surface area contributed by atoms with Crippen LogP contribution in [0.4, 0.5) is 0 Å². The first-order chi connectivity index (χ1) is 12.3. The third-order valence-electron chi connectivity index (χ3n) is 5.53. The molecule has 1 rings (SSSR count). The quantitative estimate of drug-likeness (QED) is 0.354. The van der Waals surface area contributed by atoms with Crippen LogP contribution in [0.3, 0.4) is 0 Å². The number of hydrogen-bond acceptors (Lipinski definition) is 2. The second-order valence-corrected chi connectivity index (χ2v) is 7.93. The van der Waals surface area contributed by atoms with Crippen LogP contribution in [0.2, 0.25) is 0 Å². The van der Waals surface area contributed by atoms with Gasteiger partial charge in [-0.1, -0.05) is 96.8 Å². The fourth-order valence-corrected chi connectivity index (χ4v) is 3.80. The van der Waals surface area contributed by atoms with Gasteiger partial charge in [-0.15, -0.1) is 0 Å². The topological polar surface area (TPSA) is 40.5 Å². The Morgan fingerprint density at radius 3 is 1.60 bits per heavy atom. The van der Waals surface area contributed by atoms with Crippen LogP contribution >= 0.6 is 0 Å². The molecular formula is C22H43NO2. The second kappa shape index (κ2) is 15.7. The van der Waals surface area contributed by atoms with Crippen molar-refractivity contribution in [1.82, 2.24) is 4.90 Å². The highest BCUT2D eigenvalue weighted by Crippen LogP contribution is 2.15. The molecule has 1 amide bonds. The molecule has 1 aliphatic rings. The Morgan fingerprint density at radius 1 is 0.760 bits per heavy atom. The molecule has 0 radical (unpaired) electrons. The van der Waals surface area contributed by atoms with E-state index in [9.17, 15) is 9.90 Å². The van der Waals surface area contributed by atoms with Crippen molar-refractivity contribution in [2.75, 3.05) is 13.1 Å². The van der Waals surface area contributed by atoms with E-state index in [4.69, 9.17) is 0 Å². The highest BCUT2D eigenvalue weighted by atomic mass is 16.3. The number of amides is 1. The molecule has 0 aromatic carbocycles. The first-order valence-electron chi connectivity index (χ1n) is 11.2. The van der Waals surface area contributed by atoms with Crippen LogP contribution in [0.25, 0.3) is 0 Å². The SMILES string of the molecule is CCCCCCCCCCCCCCCCC(O)C(=O)N1CCCC1. The van der Waals surface area contributed by atoms with Crippen LogP contribution in [-0.2, 0) is 4.79 Å². The number of nitrogens with zero attached hydrogens (tertiary/aromatic N) is 1. The summed E-state index contributed by atoms with van der Waals surface area (Å²) in [6, 6.07) is 0. The Labute approximate surface area is 156 Å². The van der Waals surface area contributed by atoms with Crippen molar-refractivity contribution in [3.63, 3.8) is 0 Å². The van der Waals surface area contributed by atoms with Crippen molar-refractivity contribution in [1.29, 1.82) is 0 Å². The molecule has 1 atom stereocenters. The summed E-state index contributed by atoms with van der Waals surface area (Å²) in [5.74, 6) is -0.0350. The fourth-order valence-electron chi connectivity index (χ4n) is 3.80. The van der Waals surface area contributed by atoms with Gasteiger partial charge < -0.3 is 10.0 Å². The van der Waals surface area contributed by atoms with Crippen LogP contribution in [0.5, 0.6) is 0 Å². The number of aliphatic hydroxyl groups excluding tert-OH is 1. The maximum Gasteiger partial charge on any atom is 0.251 e. The van der Waals surface area contributed by atoms with E-state index in [-0.39, 0.29) is 5.91 Å². The minimum Gasteiger partial charge on any atom is -0.383 e. The molecule has 1 aliphatic heterocycles. The van der Waals surface area contributed by atoms with Gasteiger partial charge in [0.25, 0.3) is 5.91 Å². The number of carbonyl (C=O) groups excluding carboxylic acids is 1. The van der Waals surface area contributed by atoms with E-state index in [1.807, 2.05) is 4.90 Å². The minimum atomic E-state index is -0.754. The maximum absolute atomic E-state index is 12.0. The zero-order valence-corrected chi connectivity index (χ0v) is 16.8. The smallest absolute Gasteiger partial charge is 0.251 e. The van der Waals surface area contributed by atoms with E-state index in [0.29, 0.717) is 6.42 Å². The van der Waals surface area contributed by atoms with Gasteiger partial charge in [0.2, 0.25) is 0 Å². The van der Waals surface area contributed by atoms with Gasteiger partial charge in [-0.2, -0.15) is 0 Å². The summed E-state index contributed by atoms with van der Waals surface area (Å²) in [6.07, 6.45) is 20.8. The standard InChI is InChI=1S/C22H43NO2/c1-2-3-4-5-6-7-8-9-10-11-12-13-14-15-18-21(24)22(25)23-19-16-17-20-23/h21,24H,2-20H2,1H3. The van der Waals surface area contributed by atoms with Gasteiger partial charge in [-0.3, -0.25) is 4.79 Å². The van der Waals surface area contributed by atoms with E-state index in [2.05, 4.69) is 6.92 Å². The van der Waals surface area contributed by atoms with Crippen molar-refractivity contribution in [3.8, 4) is 0 Å². The third kappa shape index (κ3) is 11.6. The maximum atomic E-state index is 12.0. The monoisotopic (exact) mass is 353 g/mol. The van der Waals surface area contributed by atoms with E-state index in [1.54, 1.807) is 0 Å². The molecule has 3 heteroatoms. The molecule has 1 heterocycles. The molecule has 0 aromatic heterocycles. The lowest BCUT2D eigenvalue weighted by Crippen LogP contribution is -2.37. The predicted molar refractivity (Wildman–Crippen MR) is 107 cm³/mol. The van der Waals surface area contributed by atoms with Crippen molar-refractivity contribution in [3.05, 3.63) is 0 Å². The summed E-state index contributed by atoms with van der Waals surface area (Å²) in [5, 5.41) is 9.98. The van der Waals surface area contributed by atoms with Gasteiger partial charge in [0.1, 0.15) is 6.10 Å². The van der Waals surface area contributed by atoms with E-state index in [1.165, 1.54) is 77.0 Å². The van der Waals surface area contributed by atoms with Crippen molar-refractivity contribution >= 4 is 5.91 Å². The lowest BCUT2D eigenvalue weighted by molar-refractivity contribution is -0.139. The van der Waals surface area contributed by atoms with Crippen LogP contribution in [0.1, 0.15) is 116 Å². The fraction of sp³-hybridized carbons (Fsp3) is 0.955. The molecular weight excluding hydrogens is 310 g/mol. The molecule has 1 unspecified atom stereocenters. The zero-order valence-electron chi connectivity index (χ0n) is 16.8. The van der Waals surface area contributed by atoms with Crippen LogP contribution in [0, 0.1) is 0 Å². The minimum absolute atomic E-state index is 0.0350. The van der Waals surface area contributed by atoms with Crippen molar-refractivity contribution in [2.45, 2.75) is 122 Å². The molecule has 0 spiro atoms. The van der Waals surface area contributed by atoms with Gasteiger partial charge in [0, 0.05) is 13.1 Å². The molecule has 1 saturated heterocycles. The Hall–Kier alpha value is -0.570. The van der Waals surface area contributed by atoms with Crippen LogP contribution in [0.15, 0.2) is 0 Å². The van der Waals surface area contributed by atoms with Crippen molar-refractivity contribution in [2.24, 2.45) is 0 Å². The van der Waals surface area contributed by atoms with Gasteiger partial charge in [-0.05, 0) is 19.3 Å². The normalized spacial score (nSPS) is 15.7. The van der Waals surface area contributed by atoms with Crippen molar-refractivity contribution < 1.29 is 9.90 Å². The Bertz CT molecular complexity index is 313. The Kier molecular flexibility index (Phi) is 14.1. The molecule has 0 bridgehead atoms. The lowest BCUT2D eigenvalue weighted by atomic mass is 10.0. The highest BCUT2D eigenvalue weighted by molar-refractivity contribution is 5.80. The second-order valence-electron chi connectivity index (χ2n) is 7.93. The van der Waals surface area contributed by atoms with Crippen LogP contribution < -0.4 is 0 Å². The van der Waals surface area contributed by atoms with E-state index < -0.39 is 6.10 Å². The summed E-state index contributed by atoms with van der Waals surface area (Å²) in [7, 11) is 0. The molecule has 0 saturated carbocycles. The molecule has 3 nitrogen and oxygen atoms in total. The number of carbonyl (C=O) groups is 1. The van der Waals surface area contributed by atoms with Gasteiger partial charge in [0.05, 0.1) is 0 Å². The number of aliphatic hydroxyl groups is 1. The number of likely N-dealkylation sites (tertiary alicyclic amines) is 1. The molecule has 1 N–H and O–H groups in total. The summed E-state index contributed by atoms with van der Waals surface area (Å²) in [4.78, 5) is 13.8. The molecule has 0 aliphatic carbocycles. The summed E-state index contributed by atoms with van der Waals surface area (Å²) >= 11 is 0. The molecule has 148 valence electrons. The van der Waals surface area contributed by atoms with Gasteiger partial charge >= 0.3 is 0 Å². The average molecular weight is 354 g/mol. The summed E-state index contributed by atoms with van der Waals surface area (Å²) < 4.78 is 0. The van der Waals surface area contributed by atoms with E-state index in [0.717, 1.165) is 38.8 Å². The Balaban J connectivity index is 1.79.